The Hall–Kier alpha value is -2.10. The Kier molecular flexibility index (Phi) is 5.57. The van der Waals surface area contributed by atoms with Gasteiger partial charge in [-0.3, -0.25) is 4.79 Å². The monoisotopic (exact) mass is 355 g/mol. The van der Waals surface area contributed by atoms with Crippen LogP contribution in [0.2, 0.25) is 5.02 Å². The number of halogens is 1. The first-order valence-electron chi connectivity index (χ1n) is 8.70. The van der Waals surface area contributed by atoms with Crippen LogP contribution in [0.1, 0.15) is 24.5 Å². The molecule has 2 aromatic rings. The molecule has 0 spiro atoms. The van der Waals surface area contributed by atoms with E-state index in [9.17, 15) is 4.79 Å². The summed E-state index contributed by atoms with van der Waals surface area (Å²) in [6.45, 7) is 5.79. The number of carbonyl (C=O) groups excluding carboxylic acids is 1. The lowest BCUT2D eigenvalue weighted by Crippen LogP contribution is -3.17. The van der Waals surface area contributed by atoms with Gasteiger partial charge in [0.1, 0.15) is 0 Å². The quantitative estimate of drug-likeness (QED) is 0.866. The van der Waals surface area contributed by atoms with Crippen molar-refractivity contribution in [2.45, 2.75) is 26.3 Å². The highest BCUT2D eigenvalue weighted by Crippen LogP contribution is 2.20. The van der Waals surface area contributed by atoms with Crippen LogP contribution in [-0.2, 0) is 4.79 Å². The zero-order chi connectivity index (χ0) is 17.8. The highest BCUT2D eigenvalue weighted by atomic mass is 35.5. The maximum Gasteiger partial charge on any atom is 0.282 e. The third-order valence-electron chi connectivity index (χ3n) is 4.93. The number of rotatable bonds is 4. The summed E-state index contributed by atoms with van der Waals surface area (Å²) in [6, 6.07) is 15.9. The summed E-state index contributed by atoms with van der Waals surface area (Å²) in [4.78, 5) is 13.9. The predicted octanol–water partition coefficient (Wildman–Crippen LogP) is 3.35. The van der Waals surface area contributed by atoms with Gasteiger partial charge in [0, 0.05) is 17.1 Å². The van der Waals surface area contributed by atoms with E-state index in [4.69, 9.17) is 11.6 Å². The Morgan fingerprint density at radius 2 is 1.96 bits per heavy atom. The normalized spacial score (nSPS) is 18.4. The van der Waals surface area contributed by atoms with Gasteiger partial charge in [-0.1, -0.05) is 48.0 Å². The van der Waals surface area contributed by atoms with Gasteiger partial charge >= 0.3 is 0 Å². The Morgan fingerprint density at radius 1 is 1.20 bits per heavy atom. The number of hydrogen-bond donors (Lipinski definition) is 2. The van der Waals surface area contributed by atoms with Crippen LogP contribution in [0.25, 0.3) is 5.57 Å². The lowest BCUT2D eigenvalue weighted by molar-refractivity contribution is -0.909. The number of aryl methyl sites for hydroxylation is 1. The molecule has 0 fully saturated rings. The lowest BCUT2D eigenvalue weighted by Gasteiger charge is -2.28. The fourth-order valence-corrected chi connectivity index (χ4v) is 3.39. The smallest absolute Gasteiger partial charge is 0.282 e. The van der Waals surface area contributed by atoms with Crippen LogP contribution in [0.5, 0.6) is 0 Å². The molecule has 2 N–H and O–H groups in total. The molecule has 130 valence electrons. The number of quaternary nitrogens is 1. The van der Waals surface area contributed by atoms with E-state index in [0.29, 0.717) is 5.02 Å². The Balaban J connectivity index is 1.64. The van der Waals surface area contributed by atoms with Crippen LogP contribution in [0.4, 0.5) is 5.69 Å². The van der Waals surface area contributed by atoms with Crippen molar-refractivity contribution in [2.24, 2.45) is 0 Å². The fourth-order valence-electron chi connectivity index (χ4n) is 3.22. The Bertz CT molecular complexity index is 786. The van der Waals surface area contributed by atoms with Gasteiger partial charge in [0.15, 0.2) is 6.04 Å². The van der Waals surface area contributed by atoms with E-state index < -0.39 is 0 Å². The van der Waals surface area contributed by atoms with E-state index in [1.807, 2.05) is 32.0 Å². The second-order valence-electron chi connectivity index (χ2n) is 6.63. The molecule has 0 aromatic heterocycles. The molecular weight excluding hydrogens is 332 g/mol. The summed E-state index contributed by atoms with van der Waals surface area (Å²) in [7, 11) is 0. The molecule has 0 bridgehead atoms. The first kappa shape index (κ1) is 17.7. The van der Waals surface area contributed by atoms with Crippen molar-refractivity contribution in [2.75, 3.05) is 18.4 Å². The molecule has 0 saturated heterocycles. The highest BCUT2D eigenvalue weighted by Gasteiger charge is 2.27. The molecule has 4 heteroatoms. The minimum absolute atomic E-state index is 0.0388. The van der Waals surface area contributed by atoms with E-state index >= 15 is 0 Å². The zero-order valence-electron chi connectivity index (χ0n) is 14.7. The first-order valence-corrected chi connectivity index (χ1v) is 9.08. The molecule has 3 nitrogen and oxygen atoms in total. The molecule has 3 rings (SSSR count). The molecule has 0 radical (unpaired) electrons. The van der Waals surface area contributed by atoms with Crippen molar-refractivity contribution in [3.8, 4) is 0 Å². The van der Waals surface area contributed by atoms with Gasteiger partial charge in [-0.15, -0.1) is 0 Å². The maximum atomic E-state index is 12.6. The van der Waals surface area contributed by atoms with E-state index in [-0.39, 0.29) is 11.9 Å². The minimum Gasteiger partial charge on any atom is -0.321 e. The Labute approximate surface area is 154 Å². The van der Waals surface area contributed by atoms with Crippen LogP contribution in [-0.4, -0.2) is 25.0 Å². The number of hydrogen-bond acceptors (Lipinski definition) is 1. The third-order valence-corrected chi connectivity index (χ3v) is 5.17. The standard InChI is InChI=1S/C21H23ClN2O/c1-15-8-9-19(22)14-20(15)23-21(25)16(2)24-12-10-18(11-13-24)17-6-4-3-5-7-17/h3-10,14,16H,11-13H2,1-2H3,(H,23,25)/p+1/t16-/m0/s1. The molecule has 2 atom stereocenters. The average Bonchev–Trinajstić information content (AvgIpc) is 2.65. The minimum atomic E-state index is -0.105. The molecule has 1 aliphatic heterocycles. The van der Waals surface area contributed by atoms with E-state index in [2.05, 4.69) is 35.7 Å². The lowest BCUT2D eigenvalue weighted by atomic mass is 9.99. The highest BCUT2D eigenvalue weighted by molar-refractivity contribution is 6.31. The van der Waals surface area contributed by atoms with Crippen molar-refractivity contribution in [1.82, 2.24) is 0 Å². The number of amides is 1. The first-order chi connectivity index (χ1) is 12.0. The van der Waals surface area contributed by atoms with Crippen molar-refractivity contribution in [1.29, 1.82) is 0 Å². The summed E-state index contributed by atoms with van der Waals surface area (Å²) in [5, 5.41) is 3.66. The van der Waals surface area contributed by atoms with Gasteiger partial charge in [0.2, 0.25) is 0 Å². The van der Waals surface area contributed by atoms with Crippen LogP contribution in [0.3, 0.4) is 0 Å². The van der Waals surface area contributed by atoms with E-state index in [1.54, 1.807) is 6.07 Å². The van der Waals surface area contributed by atoms with Gasteiger partial charge in [-0.05, 0) is 48.8 Å². The van der Waals surface area contributed by atoms with Crippen molar-refractivity contribution >= 4 is 28.8 Å². The topological polar surface area (TPSA) is 33.5 Å². The summed E-state index contributed by atoms with van der Waals surface area (Å²) in [5.41, 5.74) is 4.47. The SMILES string of the molecule is Cc1ccc(Cl)cc1NC(=O)[C@H](C)[NH+]1CC=C(c2ccccc2)CC1. The number of nitrogens with one attached hydrogen (secondary N) is 2. The molecular formula is C21H24ClN2O+. The van der Waals surface area contributed by atoms with Crippen LogP contribution in [0.15, 0.2) is 54.6 Å². The molecule has 0 saturated carbocycles. The molecule has 1 heterocycles. The van der Waals surface area contributed by atoms with E-state index in [1.165, 1.54) is 16.0 Å². The number of carbonyl (C=O) groups is 1. The van der Waals surface area contributed by atoms with Crippen molar-refractivity contribution < 1.29 is 9.69 Å². The van der Waals surface area contributed by atoms with Crippen LogP contribution < -0.4 is 10.2 Å². The zero-order valence-corrected chi connectivity index (χ0v) is 15.4. The van der Waals surface area contributed by atoms with Gasteiger partial charge in [0.25, 0.3) is 5.91 Å². The summed E-state index contributed by atoms with van der Waals surface area (Å²) in [5.74, 6) is 0.0388. The van der Waals surface area contributed by atoms with Gasteiger partial charge in [-0.25, -0.2) is 0 Å². The fraction of sp³-hybridized carbons (Fsp3) is 0.286. The van der Waals surface area contributed by atoms with Crippen LogP contribution >= 0.6 is 11.6 Å². The molecule has 1 aliphatic rings. The molecule has 25 heavy (non-hydrogen) atoms. The summed E-state index contributed by atoms with van der Waals surface area (Å²) < 4.78 is 0. The number of benzene rings is 2. The largest absolute Gasteiger partial charge is 0.321 e. The van der Waals surface area contributed by atoms with Crippen molar-refractivity contribution in [3.05, 3.63) is 70.8 Å². The van der Waals surface area contributed by atoms with Crippen LogP contribution in [0, 0.1) is 6.92 Å². The number of anilines is 1. The molecule has 0 aliphatic carbocycles. The Morgan fingerprint density at radius 3 is 2.64 bits per heavy atom. The average molecular weight is 356 g/mol. The summed E-state index contributed by atoms with van der Waals surface area (Å²) >= 11 is 6.04. The van der Waals surface area contributed by atoms with Gasteiger partial charge < -0.3 is 10.2 Å². The van der Waals surface area contributed by atoms with Gasteiger partial charge in [0.05, 0.1) is 13.1 Å². The molecule has 2 aromatic carbocycles. The van der Waals surface area contributed by atoms with E-state index in [0.717, 1.165) is 30.8 Å². The summed E-state index contributed by atoms with van der Waals surface area (Å²) in [6.07, 6.45) is 3.26. The second kappa shape index (κ2) is 7.85. The van der Waals surface area contributed by atoms with Crippen molar-refractivity contribution in [3.63, 3.8) is 0 Å². The second-order valence-corrected chi connectivity index (χ2v) is 7.06. The third kappa shape index (κ3) is 4.30. The van der Waals surface area contributed by atoms with Gasteiger partial charge in [-0.2, -0.15) is 0 Å². The maximum absolute atomic E-state index is 12.6. The predicted molar refractivity (Wildman–Crippen MR) is 104 cm³/mol. The molecule has 1 amide bonds. The molecule has 1 unspecified atom stereocenters.